The van der Waals surface area contributed by atoms with E-state index in [1.165, 1.54) is 0 Å². The molecular formula is C25H31Cl3N2O2. The highest BCUT2D eigenvalue weighted by atomic mass is 35.5. The predicted octanol–water partition coefficient (Wildman–Crippen LogP) is 6.44. The molecule has 1 amide bonds. The summed E-state index contributed by atoms with van der Waals surface area (Å²) >= 11 is 19.0. The van der Waals surface area contributed by atoms with Crippen LogP contribution in [0.3, 0.4) is 0 Å². The molecule has 2 fully saturated rings. The van der Waals surface area contributed by atoms with Crippen molar-refractivity contribution in [1.29, 1.82) is 0 Å². The van der Waals surface area contributed by atoms with Crippen LogP contribution in [0.1, 0.15) is 50.8 Å². The molecule has 0 aliphatic carbocycles. The minimum atomic E-state index is -0.409. The number of halogens is 3. The zero-order valence-electron chi connectivity index (χ0n) is 19.0. The van der Waals surface area contributed by atoms with Gasteiger partial charge in [0.05, 0.1) is 22.2 Å². The SMILES string of the molecule is CCCO.Cc1cc(N2CCC3(C)C(=O)NC(C)C3C2c2ccc(Cl)cc2)c(Cl)cc1Cl. The Morgan fingerprint density at radius 3 is 2.38 bits per heavy atom. The van der Waals surface area contributed by atoms with Crippen molar-refractivity contribution in [2.45, 2.75) is 52.6 Å². The zero-order chi connectivity index (χ0) is 23.6. The van der Waals surface area contributed by atoms with E-state index in [-0.39, 0.29) is 23.9 Å². The van der Waals surface area contributed by atoms with E-state index in [4.69, 9.17) is 39.9 Å². The topological polar surface area (TPSA) is 52.6 Å². The zero-order valence-corrected chi connectivity index (χ0v) is 21.2. The predicted molar refractivity (Wildman–Crippen MR) is 134 cm³/mol. The van der Waals surface area contributed by atoms with E-state index in [1.807, 2.05) is 38.1 Å². The van der Waals surface area contributed by atoms with Crippen LogP contribution in [0.2, 0.25) is 15.1 Å². The summed E-state index contributed by atoms with van der Waals surface area (Å²) in [7, 11) is 0. The number of benzene rings is 2. The number of nitrogens with zero attached hydrogens (tertiary/aromatic N) is 1. The van der Waals surface area contributed by atoms with Crippen LogP contribution < -0.4 is 10.2 Å². The van der Waals surface area contributed by atoms with Gasteiger partial charge in [0.15, 0.2) is 0 Å². The van der Waals surface area contributed by atoms with Crippen molar-refractivity contribution in [2.75, 3.05) is 18.1 Å². The van der Waals surface area contributed by atoms with Gasteiger partial charge in [-0.05, 0) is 62.1 Å². The maximum absolute atomic E-state index is 12.8. The molecule has 0 saturated carbocycles. The first-order valence-corrected chi connectivity index (χ1v) is 12.2. The first-order valence-electron chi connectivity index (χ1n) is 11.0. The Kier molecular flexibility index (Phi) is 8.03. The molecule has 2 aromatic rings. The monoisotopic (exact) mass is 496 g/mol. The highest BCUT2D eigenvalue weighted by molar-refractivity contribution is 6.36. The number of aliphatic hydroxyl groups excluding tert-OH is 1. The molecule has 4 unspecified atom stereocenters. The fraction of sp³-hybridized carbons (Fsp3) is 0.480. The van der Waals surface area contributed by atoms with E-state index >= 15 is 0 Å². The number of nitrogens with one attached hydrogen (secondary N) is 1. The van der Waals surface area contributed by atoms with Crippen LogP contribution in [0.5, 0.6) is 0 Å². The summed E-state index contributed by atoms with van der Waals surface area (Å²) in [6.45, 7) is 9.15. The van der Waals surface area contributed by atoms with Gasteiger partial charge in [-0.15, -0.1) is 0 Å². The lowest BCUT2D eigenvalue weighted by atomic mass is 9.66. The average molecular weight is 498 g/mol. The molecule has 4 atom stereocenters. The van der Waals surface area contributed by atoms with Crippen LogP contribution in [0.15, 0.2) is 36.4 Å². The van der Waals surface area contributed by atoms with Crippen LogP contribution in [-0.2, 0) is 4.79 Å². The Bertz CT molecular complexity index is 964. The van der Waals surface area contributed by atoms with Crippen molar-refractivity contribution in [2.24, 2.45) is 11.3 Å². The first-order chi connectivity index (χ1) is 15.1. The summed E-state index contributed by atoms with van der Waals surface area (Å²) in [5, 5.41) is 13.0. The third-order valence-corrected chi connectivity index (χ3v) is 7.63. The second-order valence-corrected chi connectivity index (χ2v) is 10.2. The number of carbonyl (C=O) groups excluding carboxylic acids is 1. The molecule has 2 aromatic carbocycles. The summed E-state index contributed by atoms with van der Waals surface area (Å²) in [5.41, 5.74) is 2.66. The summed E-state index contributed by atoms with van der Waals surface area (Å²) in [6, 6.07) is 11.8. The molecule has 2 saturated heterocycles. The van der Waals surface area contributed by atoms with Gasteiger partial charge >= 0.3 is 0 Å². The van der Waals surface area contributed by atoms with Crippen molar-refractivity contribution in [1.82, 2.24) is 5.32 Å². The van der Waals surface area contributed by atoms with E-state index in [9.17, 15) is 4.79 Å². The molecule has 32 heavy (non-hydrogen) atoms. The van der Waals surface area contributed by atoms with E-state index in [0.29, 0.717) is 21.7 Å². The maximum atomic E-state index is 12.8. The highest BCUT2D eigenvalue weighted by Crippen LogP contribution is 2.54. The number of hydrogen-bond donors (Lipinski definition) is 2. The number of piperidine rings is 1. The Hall–Kier alpha value is -1.46. The van der Waals surface area contributed by atoms with Crippen LogP contribution in [0.25, 0.3) is 0 Å². The van der Waals surface area contributed by atoms with Crippen LogP contribution in [-0.4, -0.2) is 30.2 Å². The third kappa shape index (κ3) is 4.75. The van der Waals surface area contributed by atoms with Crippen molar-refractivity contribution in [3.8, 4) is 0 Å². The molecule has 2 aliphatic rings. The van der Waals surface area contributed by atoms with Gasteiger partial charge in [-0.1, -0.05) is 60.8 Å². The average Bonchev–Trinajstić information content (AvgIpc) is 2.99. The molecule has 174 valence electrons. The van der Waals surface area contributed by atoms with Gasteiger partial charge in [0.1, 0.15) is 0 Å². The maximum Gasteiger partial charge on any atom is 0.226 e. The normalized spacial score (nSPS) is 26.8. The lowest BCUT2D eigenvalue weighted by Crippen LogP contribution is -2.50. The Labute approximate surface area is 205 Å². The molecule has 2 heterocycles. The number of rotatable bonds is 3. The Morgan fingerprint density at radius 2 is 1.78 bits per heavy atom. The van der Waals surface area contributed by atoms with Crippen molar-refractivity contribution in [3.63, 3.8) is 0 Å². The minimum Gasteiger partial charge on any atom is -0.396 e. The lowest BCUT2D eigenvalue weighted by Gasteiger charge is -2.49. The molecule has 4 nitrogen and oxygen atoms in total. The smallest absolute Gasteiger partial charge is 0.226 e. The summed E-state index contributed by atoms with van der Waals surface area (Å²) in [6.07, 6.45) is 1.65. The number of aryl methyl sites for hydroxylation is 1. The molecule has 4 rings (SSSR count). The van der Waals surface area contributed by atoms with Gasteiger partial charge in [-0.25, -0.2) is 0 Å². The summed E-state index contributed by atoms with van der Waals surface area (Å²) in [4.78, 5) is 15.1. The standard InChI is InChI=1S/C22H23Cl3N2O.C3H8O/c1-12-10-18(17(25)11-16(12)24)27-9-8-22(3)19(13(2)26-21(22)28)20(27)14-4-6-15(23)7-5-14;1-2-3-4/h4-7,10-11,13,19-20H,8-9H2,1-3H3,(H,26,28);4H,2-3H2,1H3. The molecule has 2 N–H and O–H groups in total. The number of anilines is 1. The Morgan fingerprint density at radius 1 is 1.16 bits per heavy atom. The summed E-state index contributed by atoms with van der Waals surface area (Å²) in [5.74, 6) is 0.254. The molecule has 2 aliphatic heterocycles. The lowest BCUT2D eigenvalue weighted by molar-refractivity contribution is -0.129. The van der Waals surface area contributed by atoms with Crippen molar-refractivity contribution in [3.05, 3.63) is 62.6 Å². The van der Waals surface area contributed by atoms with Crippen LogP contribution in [0.4, 0.5) is 5.69 Å². The summed E-state index contributed by atoms with van der Waals surface area (Å²) < 4.78 is 0. The minimum absolute atomic E-state index is 0.00282. The van der Waals surface area contributed by atoms with Gasteiger partial charge in [0.25, 0.3) is 0 Å². The number of aliphatic hydroxyl groups is 1. The molecule has 7 heteroatoms. The molecular weight excluding hydrogens is 467 g/mol. The third-order valence-electron chi connectivity index (χ3n) is 6.67. The molecule has 0 aromatic heterocycles. The van der Waals surface area contributed by atoms with Crippen molar-refractivity contribution < 1.29 is 9.90 Å². The van der Waals surface area contributed by atoms with E-state index in [2.05, 4.69) is 36.2 Å². The van der Waals surface area contributed by atoms with E-state index in [0.717, 1.165) is 36.2 Å². The van der Waals surface area contributed by atoms with Gasteiger partial charge in [-0.2, -0.15) is 0 Å². The van der Waals surface area contributed by atoms with E-state index in [1.54, 1.807) is 0 Å². The molecule has 0 radical (unpaired) electrons. The Balaban J connectivity index is 0.000000668. The second kappa shape index (κ2) is 10.2. The second-order valence-electron chi connectivity index (χ2n) is 8.92. The first kappa shape index (κ1) is 25.2. The van der Waals surface area contributed by atoms with Crippen LogP contribution in [0, 0.1) is 18.3 Å². The number of fused-ring (bicyclic) bond motifs is 1. The quantitative estimate of drug-likeness (QED) is 0.513. The molecule has 0 bridgehead atoms. The largest absolute Gasteiger partial charge is 0.396 e. The highest BCUT2D eigenvalue weighted by Gasteiger charge is 2.57. The van der Waals surface area contributed by atoms with Crippen molar-refractivity contribution >= 4 is 46.4 Å². The molecule has 0 spiro atoms. The van der Waals surface area contributed by atoms with Crippen LogP contribution >= 0.6 is 34.8 Å². The van der Waals surface area contributed by atoms with Gasteiger partial charge in [0.2, 0.25) is 5.91 Å². The fourth-order valence-electron chi connectivity index (χ4n) is 4.93. The van der Waals surface area contributed by atoms with Gasteiger partial charge in [-0.3, -0.25) is 4.79 Å². The van der Waals surface area contributed by atoms with Gasteiger partial charge < -0.3 is 15.3 Å². The number of amides is 1. The number of carbonyl (C=O) groups is 1. The number of hydrogen-bond acceptors (Lipinski definition) is 3. The van der Waals surface area contributed by atoms with Gasteiger partial charge in [0, 0.05) is 35.2 Å². The fourth-order valence-corrected chi connectivity index (χ4v) is 5.55. The van der Waals surface area contributed by atoms with E-state index < -0.39 is 5.41 Å².